The average Bonchev–Trinajstić information content (AvgIpc) is 3.01. The zero-order valence-corrected chi connectivity index (χ0v) is 13.6. The first-order chi connectivity index (χ1) is 10.4. The lowest BCUT2D eigenvalue weighted by molar-refractivity contribution is 0.0891. The number of hydrogen-bond donors (Lipinski definition) is 0. The maximum absolute atomic E-state index is 12.3. The number of nitrogens with zero attached hydrogens (tertiary/aromatic N) is 1. The first-order valence-corrected chi connectivity index (χ1v) is 9.83. The van der Waals surface area contributed by atoms with E-state index in [9.17, 15) is 13.2 Å². The highest BCUT2D eigenvalue weighted by molar-refractivity contribution is 8.13. The fourth-order valence-electron chi connectivity index (χ4n) is 3.63. The Morgan fingerprint density at radius 3 is 2.68 bits per heavy atom. The zero-order chi connectivity index (χ0) is 15.7. The van der Waals surface area contributed by atoms with Crippen LogP contribution in [0.15, 0.2) is 30.3 Å². The molecule has 1 aromatic carbocycles. The van der Waals surface area contributed by atoms with Gasteiger partial charge in [-0.2, -0.15) is 0 Å². The van der Waals surface area contributed by atoms with Crippen LogP contribution < -0.4 is 0 Å². The van der Waals surface area contributed by atoms with Gasteiger partial charge in [-0.05, 0) is 30.7 Å². The number of halogens is 1. The predicted octanol–water partition coefficient (Wildman–Crippen LogP) is 2.74. The Balaban J connectivity index is 1.61. The van der Waals surface area contributed by atoms with E-state index in [4.69, 9.17) is 15.4 Å². The fourth-order valence-corrected chi connectivity index (χ4v) is 4.98. The molecule has 5 nitrogen and oxygen atoms in total. The average molecular weight is 344 g/mol. The summed E-state index contributed by atoms with van der Waals surface area (Å²) >= 11 is 0. The molecule has 0 spiro atoms. The molecule has 0 aliphatic carbocycles. The predicted molar refractivity (Wildman–Crippen MR) is 83.0 cm³/mol. The first kappa shape index (κ1) is 15.6. The van der Waals surface area contributed by atoms with Crippen molar-refractivity contribution >= 4 is 25.8 Å². The van der Waals surface area contributed by atoms with Gasteiger partial charge in [-0.25, -0.2) is 13.2 Å². The quantitative estimate of drug-likeness (QED) is 0.788. The van der Waals surface area contributed by atoms with Crippen molar-refractivity contribution in [2.45, 2.75) is 38.0 Å². The standard InChI is InChI=1S/C15H18ClNO4S/c16-22(19,20)10-12-8-13-6-7-14(12)17(13)15(18)21-9-11-4-2-1-3-5-11/h1-5,12-14H,6-10H2. The minimum absolute atomic E-state index is 0.0678. The van der Waals surface area contributed by atoms with Crippen LogP contribution in [0.25, 0.3) is 0 Å². The molecule has 2 saturated heterocycles. The van der Waals surface area contributed by atoms with E-state index in [2.05, 4.69) is 0 Å². The van der Waals surface area contributed by atoms with Crippen LogP contribution in [0.2, 0.25) is 0 Å². The van der Waals surface area contributed by atoms with Crippen molar-refractivity contribution in [2.75, 3.05) is 5.75 Å². The van der Waals surface area contributed by atoms with Crippen LogP contribution in [0.4, 0.5) is 4.79 Å². The van der Waals surface area contributed by atoms with Gasteiger partial charge in [0.05, 0.1) is 5.75 Å². The highest BCUT2D eigenvalue weighted by Gasteiger charge is 2.50. The SMILES string of the molecule is O=C(OCc1ccccc1)N1C2CCC1C(CS(=O)(=O)Cl)C2. The number of carbonyl (C=O) groups is 1. The third-order valence-electron chi connectivity index (χ3n) is 4.49. The summed E-state index contributed by atoms with van der Waals surface area (Å²) in [6, 6.07) is 9.50. The molecule has 1 aromatic rings. The first-order valence-electron chi connectivity index (χ1n) is 7.35. The highest BCUT2D eigenvalue weighted by atomic mass is 35.7. The molecular formula is C15H18ClNO4S. The summed E-state index contributed by atoms with van der Waals surface area (Å²) < 4.78 is 27.9. The smallest absolute Gasteiger partial charge is 0.410 e. The molecule has 2 fully saturated rings. The lowest BCUT2D eigenvalue weighted by atomic mass is 9.91. The summed E-state index contributed by atoms with van der Waals surface area (Å²) in [5.74, 6) is -0.149. The summed E-state index contributed by atoms with van der Waals surface area (Å²) in [4.78, 5) is 14.0. The zero-order valence-electron chi connectivity index (χ0n) is 12.0. The molecule has 2 aliphatic heterocycles. The van der Waals surface area contributed by atoms with Crippen molar-refractivity contribution in [3.63, 3.8) is 0 Å². The summed E-state index contributed by atoms with van der Waals surface area (Å²) in [6.07, 6.45) is 2.06. The van der Waals surface area contributed by atoms with Gasteiger partial charge in [0.1, 0.15) is 6.61 Å². The van der Waals surface area contributed by atoms with Crippen molar-refractivity contribution < 1.29 is 17.9 Å². The van der Waals surface area contributed by atoms with Crippen molar-refractivity contribution in [3.05, 3.63) is 35.9 Å². The molecule has 1 amide bonds. The second-order valence-corrected chi connectivity index (χ2v) is 8.77. The maximum atomic E-state index is 12.3. The Hall–Kier alpha value is -1.27. The number of hydrogen-bond acceptors (Lipinski definition) is 4. The molecule has 2 bridgehead atoms. The molecule has 3 atom stereocenters. The largest absolute Gasteiger partial charge is 0.445 e. The van der Waals surface area contributed by atoms with Gasteiger partial charge < -0.3 is 9.64 Å². The summed E-state index contributed by atoms with van der Waals surface area (Å²) in [5.41, 5.74) is 0.933. The van der Waals surface area contributed by atoms with Crippen molar-refractivity contribution in [2.24, 2.45) is 5.92 Å². The molecule has 7 heteroatoms. The molecule has 22 heavy (non-hydrogen) atoms. The van der Waals surface area contributed by atoms with Gasteiger partial charge in [0, 0.05) is 22.8 Å². The van der Waals surface area contributed by atoms with Gasteiger partial charge >= 0.3 is 6.09 Å². The second kappa shape index (κ2) is 6.08. The van der Waals surface area contributed by atoms with Crippen molar-refractivity contribution in [3.8, 4) is 0 Å². The minimum Gasteiger partial charge on any atom is -0.445 e. The van der Waals surface area contributed by atoms with Crippen LogP contribution in [-0.4, -0.2) is 37.2 Å². The molecule has 2 aliphatic rings. The van der Waals surface area contributed by atoms with E-state index in [1.165, 1.54) is 0 Å². The van der Waals surface area contributed by atoms with E-state index in [1.54, 1.807) is 4.90 Å². The number of rotatable bonds is 4. The molecule has 120 valence electrons. The Kier molecular flexibility index (Phi) is 4.32. The topological polar surface area (TPSA) is 63.7 Å². The van der Waals surface area contributed by atoms with Crippen LogP contribution in [-0.2, 0) is 20.4 Å². The Morgan fingerprint density at radius 2 is 2.00 bits per heavy atom. The number of benzene rings is 1. The number of ether oxygens (including phenoxy) is 1. The van der Waals surface area contributed by atoms with E-state index in [1.807, 2.05) is 30.3 Å². The molecule has 3 unspecified atom stereocenters. The lowest BCUT2D eigenvalue weighted by Crippen LogP contribution is -2.37. The fraction of sp³-hybridized carbons (Fsp3) is 0.533. The van der Waals surface area contributed by atoms with E-state index in [0.717, 1.165) is 18.4 Å². The summed E-state index contributed by atoms with van der Waals surface area (Å²) in [7, 11) is 1.82. The number of fused-ring (bicyclic) bond motifs is 2. The van der Waals surface area contributed by atoms with E-state index < -0.39 is 9.05 Å². The molecule has 3 rings (SSSR count). The van der Waals surface area contributed by atoms with Crippen LogP contribution in [0.5, 0.6) is 0 Å². The van der Waals surface area contributed by atoms with Gasteiger partial charge in [0.15, 0.2) is 0 Å². The summed E-state index contributed by atoms with van der Waals surface area (Å²) in [6.45, 7) is 0.230. The molecule has 0 radical (unpaired) electrons. The van der Waals surface area contributed by atoms with Crippen LogP contribution in [0.3, 0.4) is 0 Å². The Labute approximate surface area is 134 Å². The van der Waals surface area contributed by atoms with E-state index in [0.29, 0.717) is 6.42 Å². The van der Waals surface area contributed by atoms with Gasteiger partial charge in [-0.15, -0.1) is 0 Å². The molecule has 0 saturated carbocycles. The van der Waals surface area contributed by atoms with Gasteiger partial charge in [-0.1, -0.05) is 30.3 Å². The molecule has 0 N–H and O–H groups in total. The van der Waals surface area contributed by atoms with Gasteiger partial charge in [-0.3, -0.25) is 0 Å². The molecule has 0 aromatic heterocycles. The maximum Gasteiger partial charge on any atom is 0.410 e. The second-order valence-electron chi connectivity index (χ2n) is 5.95. The Bertz CT molecular complexity index is 649. The lowest BCUT2D eigenvalue weighted by Gasteiger charge is -2.23. The third-order valence-corrected chi connectivity index (χ3v) is 5.70. The van der Waals surface area contributed by atoms with Crippen molar-refractivity contribution in [1.29, 1.82) is 0 Å². The van der Waals surface area contributed by atoms with Crippen LogP contribution in [0, 0.1) is 5.92 Å². The normalized spacial score (nSPS) is 27.1. The number of amides is 1. The van der Waals surface area contributed by atoms with Crippen LogP contribution in [0.1, 0.15) is 24.8 Å². The van der Waals surface area contributed by atoms with Gasteiger partial charge in [0.25, 0.3) is 0 Å². The highest BCUT2D eigenvalue weighted by Crippen LogP contribution is 2.42. The monoisotopic (exact) mass is 343 g/mol. The molecular weight excluding hydrogens is 326 g/mol. The van der Waals surface area contributed by atoms with Crippen LogP contribution >= 0.6 is 10.7 Å². The molecule has 2 heterocycles. The number of carbonyl (C=O) groups excluding carboxylic acids is 1. The Morgan fingerprint density at radius 1 is 1.27 bits per heavy atom. The third kappa shape index (κ3) is 3.38. The van der Waals surface area contributed by atoms with E-state index in [-0.39, 0.29) is 36.5 Å². The minimum atomic E-state index is -3.54. The van der Waals surface area contributed by atoms with Crippen molar-refractivity contribution in [1.82, 2.24) is 4.90 Å². The van der Waals surface area contributed by atoms with Gasteiger partial charge in [0.2, 0.25) is 9.05 Å². The summed E-state index contributed by atoms with van der Waals surface area (Å²) in [5, 5.41) is 0. The van der Waals surface area contributed by atoms with E-state index >= 15 is 0 Å².